The molecule has 0 bridgehead atoms. The van der Waals surface area contributed by atoms with E-state index in [-0.39, 0.29) is 5.63 Å². The summed E-state index contributed by atoms with van der Waals surface area (Å²) in [4.78, 5) is 14.5. The number of fused-ring (bicyclic) bond motifs is 2. The minimum atomic E-state index is -0.252. The lowest BCUT2D eigenvalue weighted by Gasteiger charge is -2.29. The summed E-state index contributed by atoms with van der Waals surface area (Å²) in [7, 11) is 0. The van der Waals surface area contributed by atoms with Crippen LogP contribution in [0.25, 0.3) is 11.0 Å². The predicted molar refractivity (Wildman–Crippen MR) is 96.0 cm³/mol. The molecule has 2 fully saturated rings. The summed E-state index contributed by atoms with van der Waals surface area (Å²) >= 11 is 0. The zero-order valence-electron chi connectivity index (χ0n) is 14.5. The summed E-state index contributed by atoms with van der Waals surface area (Å²) in [6.07, 6.45) is 3.71. The molecule has 2 aliphatic rings. The van der Waals surface area contributed by atoms with Gasteiger partial charge in [0.2, 0.25) is 0 Å². The van der Waals surface area contributed by atoms with Gasteiger partial charge in [0.25, 0.3) is 0 Å². The van der Waals surface area contributed by atoms with E-state index in [1.807, 2.05) is 6.92 Å². The van der Waals surface area contributed by atoms with Crippen LogP contribution in [-0.4, -0.2) is 24.0 Å². The van der Waals surface area contributed by atoms with Gasteiger partial charge >= 0.3 is 5.63 Å². The van der Waals surface area contributed by atoms with Crippen molar-refractivity contribution in [2.24, 2.45) is 17.6 Å². The van der Waals surface area contributed by atoms with Crippen molar-refractivity contribution in [3.63, 3.8) is 0 Å². The van der Waals surface area contributed by atoms with Gasteiger partial charge in [0.15, 0.2) is 0 Å². The van der Waals surface area contributed by atoms with Crippen molar-refractivity contribution in [1.82, 2.24) is 4.90 Å². The Kier molecular flexibility index (Phi) is 3.97. The van der Waals surface area contributed by atoms with E-state index in [9.17, 15) is 4.79 Å². The van der Waals surface area contributed by atoms with E-state index in [1.165, 1.54) is 18.4 Å². The van der Waals surface area contributed by atoms with Gasteiger partial charge in [-0.15, -0.1) is 0 Å². The highest BCUT2D eigenvalue weighted by molar-refractivity contribution is 5.83. The maximum Gasteiger partial charge on any atom is 0.336 e. The fourth-order valence-corrected chi connectivity index (χ4v) is 4.79. The molecule has 128 valence electrons. The lowest BCUT2D eigenvalue weighted by Crippen LogP contribution is -2.38. The zero-order valence-corrected chi connectivity index (χ0v) is 14.5. The zero-order chi connectivity index (χ0) is 16.8. The van der Waals surface area contributed by atoms with Crippen LogP contribution in [0.5, 0.6) is 0 Å². The van der Waals surface area contributed by atoms with Gasteiger partial charge in [-0.2, -0.15) is 0 Å². The predicted octanol–water partition coefficient (Wildman–Crippen LogP) is 2.97. The highest BCUT2D eigenvalue weighted by Gasteiger charge is 2.38. The second-order valence-corrected chi connectivity index (χ2v) is 7.76. The first-order chi connectivity index (χ1) is 11.5. The van der Waals surface area contributed by atoms with Crippen molar-refractivity contribution >= 4 is 11.0 Å². The molecule has 0 amide bonds. The second-order valence-electron chi connectivity index (χ2n) is 7.76. The average Bonchev–Trinajstić information content (AvgIpc) is 2.92. The topological polar surface area (TPSA) is 59.5 Å². The summed E-state index contributed by atoms with van der Waals surface area (Å²) in [5.41, 5.74) is 10.1. The maximum atomic E-state index is 12.0. The molecule has 1 aliphatic carbocycles. The van der Waals surface area contributed by atoms with Gasteiger partial charge in [0, 0.05) is 37.1 Å². The Morgan fingerprint density at radius 3 is 2.83 bits per heavy atom. The van der Waals surface area contributed by atoms with Gasteiger partial charge in [0.1, 0.15) is 5.58 Å². The lowest BCUT2D eigenvalue weighted by atomic mass is 9.78. The number of aryl methyl sites for hydroxylation is 2. The Morgan fingerprint density at radius 2 is 2.04 bits per heavy atom. The molecule has 4 heteroatoms. The Morgan fingerprint density at radius 1 is 1.21 bits per heavy atom. The minimum absolute atomic E-state index is 0.252. The number of nitrogens with two attached hydrogens (primary N) is 1. The third-order valence-corrected chi connectivity index (χ3v) is 5.88. The summed E-state index contributed by atoms with van der Waals surface area (Å²) in [5, 5.41) is 1.08. The Bertz CT molecular complexity index is 826. The fraction of sp³-hybridized carbons (Fsp3) is 0.550. The Balaban J connectivity index is 1.66. The van der Waals surface area contributed by atoms with Gasteiger partial charge in [-0.25, -0.2) is 4.79 Å². The van der Waals surface area contributed by atoms with Gasteiger partial charge in [0.05, 0.1) is 0 Å². The molecular formula is C20H26N2O2. The molecule has 0 spiro atoms. The third-order valence-electron chi connectivity index (χ3n) is 5.88. The first-order valence-corrected chi connectivity index (χ1v) is 9.03. The first kappa shape index (κ1) is 15.9. The van der Waals surface area contributed by atoms with Crippen molar-refractivity contribution in [2.75, 3.05) is 13.1 Å². The van der Waals surface area contributed by atoms with Crippen molar-refractivity contribution in [2.45, 2.75) is 45.7 Å². The molecule has 0 unspecified atom stereocenters. The molecule has 4 nitrogen and oxygen atoms in total. The number of hydrogen-bond acceptors (Lipinski definition) is 4. The largest absolute Gasteiger partial charge is 0.422 e. The van der Waals surface area contributed by atoms with Crippen LogP contribution in [0.15, 0.2) is 27.4 Å². The normalized spacial score (nSPS) is 27.5. The van der Waals surface area contributed by atoms with Gasteiger partial charge in [-0.1, -0.05) is 12.5 Å². The molecule has 1 aromatic heterocycles. The monoisotopic (exact) mass is 326 g/mol. The molecule has 1 aromatic carbocycles. The third kappa shape index (κ3) is 2.78. The number of nitrogens with zero attached hydrogens (tertiary/aromatic N) is 1. The van der Waals surface area contributed by atoms with Gasteiger partial charge in [-0.05, 0) is 61.3 Å². The van der Waals surface area contributed by atoms with Gasteiger partial charge in [-0.3, -0.25) is 4.90 Å². The van der Waals surface area contributed by atoms with Crippen LogP contribution in [-0.2, 0) is 6.54 Å². The molecule has 2 aromatic rings. The molecule has 1 saturated carbocycles. The highest BCUT2D eigenvalue weighted by Crippen LogP contribution is 2.36. The number of likely N-dealkylation sites (tertiary alicyclic amines) is 1. The maximum absolute atomic E-state index is 12.0. The van der Waals surface area contributed by atoms with Crippen LogP contribution >= 0.6 is 0 Å². The minimum Gasteiger partial charge on any atom is -0.422 e. The molecule has 0 radical (unpaired) electrons. The van der Waals surface area contributed by atoms with E-state index in [4.69, 9.17) is 10.2 Å². The van der Waals surface area contributed by atoms with E-state index in [0.29, 0.717) is 12.0 Å². The van der Waals surface area contributed by atoms with Crippen LogP contribution < -0.4 is 11.4 Å². The molecular weight excluding hydrogens is 300 g/mol. The van der Waals surface area contributed by atoms with Crippen LogP contribution in [0, 0.1) is 25.7 Å². The Hall–Kier alpha value is -1.65. The second kappa shape index (κ2) is 6.01. The van der Waals surface area contributed by atoms with Gasteiger partial charge < -0.3 is 10.2 Å². The average molecular weight is 326 g/mol. The van der Waals surface area contributed by atoms with Crippen molar-refractivity contribution < 1.29 is 4.42 Å². The molecule has 3 atom stereocenters. The molecule has 1 aliphatic heterocycles. The Labute approximate surface area is 142 Å². The molecule has 4 rings (SSSR count). The van der Waals surface area contributed by atoms with Crippen molar-refractivity contribution in [3.05, 3.63) is 45.3 Å². The summed E-state index contributed by atoms with van der Waals surface area (Å²) < 4.78 is 5.47. The number of rotatable bonds is 2. The number of benzene rings is 1. The molecule has 2 heterocycles. The SMILES string of the molecule is Cc1cc(C)c2oc(=O)cc(CN3C[C@H]4CCC[C@@H](N)[C@H]4C3)c2c1. The molecule has 24 heavy (non-hydrogen) atoms. The van der Waals surface area contributed by atoms with Crippen molar-refractivity contribution in [3.8, 4) is 0 Å². The molecule has 1 saturated heterocycles. The van der Waals surface area contributed by atoms with E-state index < -0.39 is 0 Å². The standard InChI is InChI=1S/C20H26N2O2/c1-12-6-13(2)20-16(7-12)15(8-19(23)24-20)10-22-9-14-4-3-5-18(21)17(14)11-22/h6-8,14,17-18H,3-5,9-11,21H2,1-2H3/t14-,17+,18-/m1/s1. The number of hydrogen-bond donors (Lipinski definition) is 1. The fourth-order valence-electron chi connectivity index (χ4n) is 4.79. The quantitative estimate of drug-likeness (QED) is 0.862. The lowest BCUT2D eigenvalue weighted by molar-refractivity contribution is 0.259. The van der Waals surface area contributed by atoms with E-state index >= 15 is 0 Å². The van der Waals surface area contributed by atoms with E-state index in [2.05, 4.69) is 24.0 Å². The summed E-state index contributed by atoms with van der Waals surface area (Å²) in [6.45, 7) is 7.06. The van der Waals surface area contributed by atoms with E-state index in [1.54, 1.807) is 6.07 Å². The molecule has 2 N–H and O–H groups in total. The summed E-state index contributed by atoms with van der Waals surface area (Å²) in [5.74, 6) is 1.34. The van der Waals surface area contributed by atoms with Crippen LogP contribution in [0.3, 0.4) is 0 Å². The van der Waals surface area contributed by atoms with Crippen LogP contribution in [0.2, 0.25) is 0 Å². The van der Waals surface area contributed by atoms with Crippen LogP contribution in [0.4, 0.5) is 0 Å². The van der Waals surface area contributed by atoms with Crippen LogP contribution in [0.1, 0.15) is 36.0 Å². The highest BCUT2D eigenvalue weighted by atomic mass is 16.4. The first-order valence-electron chi connectivity index (χ1n) is 9.03. The van der Waals surface area contributed by atoms with Crippen molar-refractivity contribution in [1.29, 1.82) is 0 Å². The summed E-state index contributed by atoms with van der Waals surface area (Å²) in [6, 6.07) is 6.22. The van der Waals surface area contributed by atoms with E-state index in [0.717, 1.165) is 54.1 Å². The smallest absolute Gasteiger partial charge is 0.336 e.